The topological polar surface area (TPSA) is 102 Å². The van der Waals surface area contributed by atoms with Crippen molar-refractivity contribution in [2.75, 3.05) is 26.8 Å². The summed E-state index contributed by atoms with van der Waals surface area (Å²) in [6, 6.07) is -0.100. The van der Waals surface area contributed by atoms with E-state index in [4.69, 9.17) is 4.74 Å². The molecule has 0 radical (unpaired) electrons. The summed E-state index contributed by atoms with van der Waals surface area (Å²) in [5.41, 5.74) is 0. The Balaban J connectivity index is 1.97. The lowest BCUT2D eigenvalue weighted by Gasteiger charge is -2.25. The Morgan fingerprint density at radius 1 is 0.900 bits per heavy atom. The molecule has 1 unspecified atom stereocenters. The van der Waals surface area contributed by atoms with E-state index in [9.17, 15) is 19.2 Å². The van der Waals surface area contributed by atoms with Crippen molar-refractivity contribution in [3.05, 3.63) is 0 Å². The van der Waals surface area contributed by atoms with Crippen molar-refractivity contribution in [1.29, 1.82) is 0 Å². The van der Waals surface area contributed by atoms with Crippen molar-refractivity contribution in [3.8, 4) is 0 Å². The predicted octanol–water partition coefficient (Wildman–Crippen LogP) is 2.60. The number of carbonyl (C=O) groups excluding carboxylic acids is 4. The number of hydrogen-bond acceptors (Lipinski definition) is 6. The second kappa shape index (κ2) is 15.2. The van der Waals surface area contributed by atoms with E-state index in [0.29, 0.717) is 39.0 Å². The second-order valence-corrected chi connectivity index (χ2v) is 8.39. The summed E-state index contributed by atoms with van der Waals surface area (Å²) >= 11 is 0. The van der Waals surface area contributed by atoms with Crippen LogP contribution in [0.3, 0.4) is 0 Å². The zero-order valence-corrected chi connectivity index (χ0v) is 19.0. The number of amides is 1. The van der Waals surface area contributed by atoms with Gasteiger partial charge in [0.1, 0.15) is 17.3 Å². The summed E-state index contributed by atoms with van der Waals surface area (Å²) < 4.78 is 5.49. The van der Waals surface area contributed by atoms with Gasteiger partial charge in [-0.2, -0.15) is 0 Å². The number of likely N-dealkylation sites (N-methyl/N-ethyl adjacent to an activating group) is 1. The van der Waals surface area contributed by atoms with Crippen molar-refractivity contribution >= 4 is 23.3 Å². The molecule has 7 heteroatoms. The molecule has 1 saturated carbocycles. The van der Waals surface area contributed by atoms with Crippen LogP contribution in [-0.4, -0.2) is 56.1 Å². The number of ketones is 3. The van der Waals surface area contributed by atoms with Crippen LogP contribution in [0.25, 0.3) is 0 Å². The first-order valence-electron chi connectivity index (χ1n) is 11.4. The first-order valence-corrected chi connectivity index (χ1v) is 11.4. The van der Waals surface area contributed by atoms with Crippen LogP contribution in [0.1, 0.15) is 78.1 Å². The Morgan fingerprint density at radius 3 is 2.17 bits per heavy atom. The van der Waals surface area contributed by atoms with Crippen molar-refractivity contribution in [3.63, 3.8) is 0 Å². The van der Waals surface area contributed by atoms with Crippen LogP contribution in [0.4, 0.5) is 0 Å². The van der Waals surface area contributed by atoms with Crippen molar-refractivity contribution < 1.29 is 23.9 Å². The van der Waals surface area contributed by atoms with Gasteiger partial charge in [0.25, 0.3) is 0 Å². The normalized spacial score (nSPS) is 19.8. The summed E-state index contributed by atoms with van der Waals surface area (Å²) in [6.07, 6.45) is 7.33. The van der Waals surface area contributed by atoms with Crippen molar-refractivity contribution in [2.24, 2.45) is 11.8 Å². The van der Waals surface area contributed by atoms with Crippen molar-refractivity contribution in [2.45, 2.75) is 84.1 Å². The molecule has 7 nitrogen and oxygen atoms in total. The third-order valence-electron chi connectivity index (χ3n) is 6.02. The van der Waals surface area contributed by atoms with Gasteiger partial charge in [-0.05, 0) is 72.3 Å². The van der Waals surface area contributed by atoms with E-state index >= 15 is 0 Å². The lowest BCUT2D eigenvalue weighted by molar-refractivity contribution is -0.127. The quantitative estimate of drug-likeness (QED) is 0.369. The Labute approximate surface area is 181 Å². The first-order chi connectivity index (χ1) is 14.3. The van der Waals surface area contributed by atoms with Gasteiger partial charge in [-0.3, -0.25) is 19.2 Å². The standard InChI is InChI=1S/C23H40N2O5/c1-17(26)19-9-11-20(12-10-19)22(28)8-6-15-30-16-13-23(29)25-14-5-4-7-21(24-3)18(2)27/h19-21,24H,4-16H2,1-3H3,(H,25,29). The third-order valence-corrected chi connectivity index (χ3v) is 6.02. The zero-order valence-electron chi connectivity index (χ0n) is 19.0. The molecule has 0 saturated heterocycles. The van der Waals surface area contributed by atoms with Gasteiger partial charge in [0.05, 0.1) is 12.6 Å². The molecule has 0 aliphatic heterocycles. The molecule has 1 aliphatic rings. The summed E-state index contributed by atoms with van der Waals surface area (Å²) in [6.45, 7) is 4.67. The Kier molecular flexibility index (Phi) is 13.4. The molecule has 1 aliphatic carbocycles. The molecule has 0 heterocycles. The molecule has 1 rings (SSSR count). The number of Topliss-reactive ketones (excluding diaryl/α,β-unsaturated/α-hetero) is 3. The van der Waals surface area contributed by atoms with E-state index < -0.39 is 0 Å². The molecule has 0 aromatic heterocycles. The van der Waals surface area contributed by atoms with Crippen molar-refractivity contribution in [1.82, 2.24) is 10.6 Å². The number of carbonyl (C=O) groups is 4. The van der Waals surface area contributed by atoms with Crippen LogP contribution in [0.5, 0.6) is 0 Å². The average Bonchev–Trinajstić information content (AvgIpc) is 2.72. The van der Waals surface area contributed by atoms with Gasteiger partial charge in [-0.15, -0.1) is 0 Å². The highest BCUT2D eigenvalue weighted by molar-refractivity contribution is 5.82. The third kappa shape index (κ3) is 11.0. The minimum Gasteiger partial charge on any atom is -0.381 e. The van der Waals surface area contributed by atoms with Gasteiger partial charge < -0.3 is 15.4 Å². The Hall–Kier alpha value is -1.60. The van der Waals surface area contributed by atoms with E-state index in [1.807, 2.05) is 0 Å². The maximum Gasteiger partial charge on any atom is 0.222 e. The molecule has 30 heavy (non-hydrogen) atoms. The van der Waals surface area contributed by atoms with Crippen LogP contribution >= 0.6 is 0 Å². The van der Waals surface area contributed by atoms with E-state index in [1.165, 1.54) is 0 Å². The molecule has 0 spiro atoms. The summed E-state index contributed by atoms with van der Waals surface area (Å²) in [5, 5.41) is 5.86. The molecule has 0 aromatic rings. The average molecular weight is 425 g/mol. The molecule has 172 valence electrons. The molecular formula is C23H40N2O5. The predicted molar refractivity (Wildman–Crippen MR) is 116 cm³/mol. The zero-order chi connectivity index (χ0) is 22.4. The fourth-order valence-corrected chi connectivity index (χ4v) is 3.98. The molecule has 0 aromatic carbocycles. The number of ether oxygens (including phenoxy) is 1. The highest BCUT2D eigenvalue weighted by Gasteiger charge is 2.27. The van der Waals surface area contributed by atoms with Crippen LogP contribution in [0, 0.1) is 11.8 Å². The SMILES string of the molecule is CNC(CCCCNC(=O)CCOCCCC(=O)C1CCC(C(C)=O)CC1)C(C)=O. The van der Waals surface area contributed by atoms with Crippen LogP contribution in [-0.2, 0) is 23.9 Å². The van der Waals surface area contributed by atoms with E-state index in [-0.39, 0.29) is 41.1 Å². The number of nitrogens with one attached hydrogen (secondary N) is 2. The van der Waals surface area contributed by atoms with Gasteiger partial charge >= 0.3 is 0 Å². The molecule has 1 atom stereocenters. The molecule has 0 bridgehead atoms. The molecule has 1 fully saturated rings. The monoisotopic (exact) mass is 424 g/mol. The highest BCUT2D eigenvalue weighted by Crippen LogP contribution is 2.30. The van der Waals surface area contributed by atoms with Gasteiger partial charge in [0.15, 0.2) is 0 Å². The van der Waals surface area contributed by atoms with Gasteiger partial charge in [0, 0.05) is 37.8 Å². The fourth-order valence-electron chi connectivity index (χ4n) is 3.98. The summed E-state index contributed by atoms with van der Waals surface area (Å²) in [5.74, 6) is 0.878. The molecule has 1 amide bonds. The lowest BCUT2D eigenvalue weighted by Crippen LogP contribution is -2.32. The number of rotatable bonds is 16. The summed E-state index contributed by atoms with van der Waals surface area (Å²) in [4.78, 5) is 46.8. The number of unbranched alkanes of at least 4 members (excludes halogenated alkanes) is 1. The molecule has 2 N–H and O–H groups in total. The van der Waals surface area contributed by atoms with Gasteiger partial charge in [-0.1, -0.05) is 0 Å². The summed E-state index contributed by atoms with van der Waals surface area (Å²) in [7, 11) is 1.78. The van der Waals surface area contributed by atoms with Crippen LogP contribution < -0.4 is 10.6 Å². The lowest BCUT2D eigenvalue weighted by atomic mass is 9.78. The van der Waals surface area contributed by atoms with Crippen LogP contribution in [0.2, 0.25) is 0 Å². The van der Waals surface area contributed by atoms with E-state index in [0.717, 1.165) is 44.9 Å². The first kappa shape index (κ1) is 26.4. The Bertz CT molecular complexity index is 556. The second-order valence-electron chi connectivity index (χ2n) is 8.39. The number of hydrogen-bond donors (Lipinski definition) is 2. The maximum atomic E-state index is 12.3. The molecular weight excluding hydrogens is 384 g/mol. The van der Waals surface area contributed by atoms with E-state index in [2.05, 4.69) is 10.6 Å². The maximum absolute atomic E-state index is 12.3. The minimum absolute atomic E-state index is 0.0370. The smallest absolute Gasteiger partial charge is 0.222 e. The minimum atomic E-state index is -0.100. The van der Waals surface area contributed by atoms with E-state index in [1.54, 1.807) is 20.9 Å². The Morgan fingerprint density at radius 2 is 1.57 bits per heavy atom. The van der Waals surface area contributed by atoms with Gasteiger partial charge in [-0.25, -0.2) is 0 Å². The van der Waals surface area contributed by atoms with Gasteiger partial charge in [0.2, 0.25) is 5.91 Å². The largest absolute Gasteiger partial charge is 0.381 e. The van der Waals surface area contributed by atoms with Crippen LogP contribution in [0.15, 0.2) is 0 Å². The highest BCUT2D eigenvalue weighted by atomic mass is 16.5. The fraction of sp³-hybridized carbons (Fsp3) is 0.826.